The molecule has 0 bridgehead atoms. The molecule has 3 aromatic rings. The molecule has 0 aliphatic carbocycles. The average molecular weight is 436 g/mol. The second-order valence-corrected chi connectivity index (χ2v) is 7.35. The molecular weight excluding hydrogens is 416 g/mol. The predicted octanol–water partition coefficient (Wildman–Crippen LogP) is 3.85. The number of aromatic nitrogens is 3. The van der Waals surface area contributed by atoms with Crippen molar-refractivity contribution < 1.29 is 18.3 Å². The molecule has 1 aliphatic rings. The van der Waals surface area contributed by atoms with Crippen LogP contribution >= 0.6 is 11.6 Å². The van der Waals surface area contributed by atoms with Crippen LogP contribution in [-0.2, 0) is 16.0 Å². The molecule has 7 nitrogen and oxygen atoms in total. The first-order valence-corrected chi connectivity index (χ1v) is 9.68. The third-order valence-corrected chi connectivity index (χ3v) is 5.27. The molecule has 0 spiro atoms. The summed E-state index contributed by atoms with van der Waals surface area (Å²) >= 11 is 6.19. The second kappa shape index (κ2) is 8.16. The van der Waals surface area contributed by atoms with E-state index in [9.17, 15) is 8.78 Å². The number of benzene rings is 1. The number of ether oxygens (including phenoxy) is 2. The van der Waals surface area contributed by atoms with Crippen LogP contribution in [-0.4, -0.2) is 47.0 Å². The lowest BCUT2D eigenvalue weighted by atomic mass is 10.0. The smallest absolute Gasteiger partial charge is 0.291 e. The zero-order valence-corrected chi connectivity index (χ0v) is 16.9. The van der Waals surface area contributed by atoms with E-state index in [4.69, 9.17) is 26.8 Å². The maximum Gasteiger partial charge on any atom is 0.291 e. The van der Waals surface area contributed by atoms with Gasteiger partial charge in [0.05, 0.1) is 37.1 Å². The minimum Gasteiger partial charge on any atom is -0.494 e. The third-order valence-electron chi connectivity index (χ3n) is 5.03. The van der Waals surface area contributed by atoms with E-state index in [0.29, 0.717) is 38.5 Å². The number of pyridine rings is 1. The standard InChI is InChI=1S/C20H20ClF2N5O2/c1-29-13(7-24)8-25-10-18-27-16-9-26-15-3-2-12(21)6-14(15)19(16)28(18)17-4-5-30-11-20(17,22)23/h2-3,6-9,17H,4-5,10-11,24H2,1H3. The Morgan fingerprint density at radius 1 is 1.47 bits per heavy atom. The zero-order valence-electron chi connectivity index (χ0n) is 16.2. The van der Waals surface area contributed by atoms with Crippen LogP contribution in [0.4, 0.5) is 8.78 Å². The quantitative estimate of drug-likeness (QED) is 0.485. The van der Waals surface area contributed by atoms with Crippen molar-refractivity contribution in [3.63, 3.8) is 0 Å². The van der Waals surface area contributed by atoms with E-state index in [0.717, 1.165) is 0 Å². The molecule has 30 heavy (non-hydrogen) atoms. The number of allylic oxidation sites excluding steroid dienone is 1. The molecule has 2 aromatic heterocycles. The molecule has 1 atom stereocenters. The molecule has 1 aliphatic heterocycles. The summed E-state index contributed by atoms with van der Waals surface area (Å²) in [6.07, 6.45) is 4.41. The first-order chi connectivity index (χ1) is 14.4. The lowest BCUT2D eigenvalue weighted by Gasteiger charge is -2.33. The highest BCUT2D eigenvalue weighted by atomic mass is 35.5. The molecule has 10 heteroatoms. The fourth-order valence-electron chi connectivity index (χ4n) is 3.65. The van der Waals surface area contributed by atoms with Gasteiger partial charge in [0.2, 0.25) is 0 Å². The Morgan fingerprint density at radius 2 is 2.30 bits per heavy atom. The highest BCUT2D eigenvalue weighted by molar-refractivity contribution is 6.31. The maximum absolute atomic E-state index is 14.9. The summed E-state index contributed by atoms with van der Waals surface area (Å²) in [5.74, 6) is -2.32. The van der Waals surface area contributed by atoms with E-state index in [1.807, 2.05) is 0 Å². The Morgan fingerprint density at radius 3 is 3.03 bits per heavy atom. The number of nitrogens with zero attached hydrogens (tertiary/aromatic N) is 4. The highest BCUT2D eigenvalue weighted by Gasteiger charge is 2.45. The number of imidazole rings is 1. The predicted molar refractivity (Wildman–Crippen MR) is 111 cm³/mol. The van der Waals surface area contributed by atoms with E-state index in [1.165, 1.54) is 19.5 Å². The molecule has 158 valence electrons. The summed E-state index contributed by atoms with van der Waals surface area (Å²) in [4.78, 5) is 13.2. The van der Waals surface area contributed by atoms with Gasteiger partial charge in [-0.25, -0.2) is 13.8 Å². The van der Waals surface area contributed by atoms with Crippen LogP contribution in [0.15, 0.2) is 41.3 Å². The summed E-state index contributed by atoms with van der Waals surface area (Å²) in [5, 5.41) is 1.14. The largest absolute Gasteiger partial charge is 0.494 e. The van der Waals surface area contributed by atoms with Crippen LogP contribution in [0.2, 0.25) is 5.02 Å². The summed E-state index contributed by atoms with van der Waals surface area (Å²) in [5.41, 5.74) is 7.15. The number of hydrogen-bond donors (Lipinski definition) is 1. The number of alkyl halides is 2. The molecular formula is C20H20ClF2N5O2. The zero-order chi connectivity index (χ0) is 21.3. The number of halogens is 3. The summed E-state index contributed by atoms with van der Waals surface area (Å²) in [7, 11) is 1.46. The van der Waals surface area contributed by atoms with Crippen molar-refractivity contribution in [1.82, 2.24) is 14.5 Å². The van der Waals surface area contributed by atoms with Crippen LogP contribution in [0.3, 0.4) is 0 Å². The lowest BCUT2D eigenvalue weighted by Crippen LogP contribution is -2.41. The second-order valence-electron chi connectivity index (χ2n) is 6.91. The van der Waals surface area contributed by atoms with Crippen molar-refractivity contribution in [3.05, 3.63) is 47.2 Å². The third kappa shape index (κ3) is 3.70. The first kappa shape index (κ1) is 20.5. The van der Waals surface area contributed by atoms with Crippen LogP contribution in [0.25, 0.3) is 21.9 Å². The summed E-state index contributed by atoms with van der Waals surface area (Å²) in [6, 6.07) is 4.06. The summed E-state index contributed by atoms with van der Waals surface area (Å²) < 4.78 is 41.4. The Hall–Kier alpha value is -2.78. The van der Waals surface area contributed by atoms with Gasteiger partial charge in [0.25, 0.3) is 5.92 Å². The molecule has 1 aromatic carbocycles. The molecule has 2 N–H and O–H groups in total. The minimum absolute atomic E-state index is 0.0604. The normalized spacial score (nSPS) is 19.7. The van der Waals surface area contributed by atoms with Crippen molar-refractivity contribution >= 4 is 39.8 Å². The van der Waals surface area contributed by atoms with Crippen molar-refractivity contribution in [2.45, 2.75) is 24.9 Å². The Kier molecular flexibility index (Phi) is 5.57. The molecule has 1 unspecified atom stereocenters. The molecule has 4 rings (SSSR count). The van der Waals surface area contributed by atoms with Crippen LogP contribution < -0.4 is 5.73 Å². The molecule has 0 radical (unpaired) electrons. The number of hydrogen-bond acceptors (Lipinski definition) is 6. The Balaban J connectivity index is 1.92. The lowest BCUT2D eigenvalue weighted by molar-refractivity contribution is -0.147. The van der Waals surface area contributed by atoms with E-state index in [2.05, 4.69) is 15.0 Å². The van der Waals surface area contributed by atoms with Gasteiger partial charge in [0.1, 0.15) is 24.0 Å². The molecule has 0 amide bonds. The Labute approximate surface area is 176 Å². The van der Waals surface area contributed by atoms with E-state index >= 15 is 0 Å². The van der Waals surface area contributed by atoms with E-state index in [-0.39, 0.29) is 19.6 Å². The Bertz CT molecular complexity index is 1150. The number of methoxy groups -OCH3 is 1. The van der Waals surface area contributed by atoms with Gasteiger partial charge in [-0.05, 0) is 24.6 Å². The molecule has 1 fully saturated rings. The monoisotopic (exact) mass is 435 g/mol. The van der Waals surface area contributed by atoms with Crippen LogP contribution in [0, 0.1) is 0 Å². The molecule has 1 saturated heterocycles. The molecule has 0 saturated carbocycles. The van der Waals surface area contributed by atoms with Gasteiger partial charge < -0.3 is 19.8 Å². The average Bonchev–Trinajstić information content (AvgIpc) is 3.09. The van der Waals surface area contributed by atoms with E-state index in [1.54, 1.807) is 29.0 Å². The van der Waals surface area contributed by atoms with Crippen molar-refractivity contribution in [2.24, 2.45) is 10.7 Å². The topological polar surface area (TPSA) is 87.5 Å². The van der Waals surface area contributed by atoms with Crippen molar-refractivity contribution in [2.75, 3.05) is 20.3 Å². The fourth-order valence-corrected chi connectivity index (χ4v) is 3.83. The minimum atomic E-state index is -3.06. The number of fused-ring (bicyclic) bond motifs is 3. The van der Waals surface area contributed by atoms with Gasteiger partial charge in [0, 0.05) is 23.2 Å². The van der Waals surface area contributed by atoms with Crippen molar-refractivity contribution in [1.29, 1.82) is 0 Å². The van der Waals surface area contributed by atoms with Gasteiger partial charge in [-0.3, -0.25) is 9.98 Å². The first-order valence-electron chi connectivity index (χ1n) is 9.31. The SMILES string of the molecule is COC(C=NCc1nc2cnc3ccc(Cl)cc3c2n1C1CCOCC1(F)F)=CN. The van der Waals surface area contributed by atoms with Gasteiger partial charge in [-0.15, -0.1) is 0 Å². The van der Waals surface area contributed by atoms with Crippen LogP contribution in [0.1, 0.15) is 18.3 Å². The van der Waals surface area contributed by atoms with Gasteiger partial charge in [-0.2, -0.15) is 0 Å². The van der Waals surface area contributed by atoms with Gasteiger partial charge in [-0.1, -0.05) is 11.6 Å². The number of aliphatic imine (C=N–C) groups is 1. The molecule has 3 heterocycles. The maximum atomic E-state index is 14.9. The van der Waals surface area contributed by atoms with Gasteiger partial charge >= 0.3 is 0 Å². The van der Waals surface area contributed by atoms with Gasteiger partial charge in [0.15, 0.2) is 5.76 Å². The summed E-state index contributed by atoms with van der Waals surface area (Å²) in [6.45, 7) is -0.353. The fraction of sp³-hybridized carbons (Fsp3) is 0.350. The van der Waals surface area contributed by atoms with E-state index < -0.39 is 18.6 Å². The number of rotatable bonds is 5. The van der Waals surface area contributed by atoms with Crippen LogP contribution in [0.5, 0.6) is 0 Å². The highest BCUT2D eigenvalue weighted by Crippen LogP contribution is 2.40. The number of nitrogens with two attached hydrogens (primary N) is 1. The van der Waals surface area contributed by atoms with Crippen molar-refractivity contribution in [3.8, 4) is 0 Å².